The molecule has 0 aliphatic rings. The molecule has 108 valence electrons. The molecule has 0 radical (unpaired) electrons. The third-order valence-corrected chi connectivity index (χ3v) is 3.89. The van der Waals surface area contributed by atoms with Crippen LogP contribution in [0.4, 0.5) is 0 Å². The van der Waals surface area contributed by atoms with Crippen LogP contribution in [0.25, 0.3) is 10.9 Å². The van der Waals surface area contributed by atoms with Gasteiger partial charge in [-0.1, -0.05) is 25.1 Å². The van der Waals surface area contributed by atoms with Crippen molar-refractivity contribution in [1.29, 1.82) is 0 Å². The standard InChI is InChI=1S/C17H24N2O/c1-4-17(2,3)19-16(20)11-7-8-13-12-18-15-10-6-5-9-14(13)15/h5-6,9-10,12,18H,4,7-8,11H2,1-3H3,(H,19,20). The van der Waals surface area contributed by atoms with Gasteiger partial charge in [-0.2, -0.15) is 0 Å². The highest BCUT2D eigenvalue weighted by molar-refractivity contribution is 5.83. The number of benzene rings is 1. The number of rotatable bonds is 6. The molecule has 0 saturated carbocycles. The van der Waals surface area contributed by atoms with E-state index in [2.05, 4.69) is 55.5 Å². The summed E-state index contributed by atoms with van der Waals surface area (Å²) in [6.07, 6.45) is 5.40. The van der Waals surface area contributed by atoms with Gasteiger partial charge in [0.15, 0.2) is 0 Å². The molecule has 2 N–H and O–H groups in total. The highest BCUT2D eigenvalue weighted by Crippen LogP contribution is 2.19. The molecular formula is C17H24N2O. The third kappa shape index (κ3) is 3.62. The topological polar surface area (TPSA) is 44.9 Å². The fraction of sp³-hybridized carbons (Fsp3) is 0.471. The number of hydrogen-bond acceptors (Lipinski definition) is 1. The van der Waals surface area contributed by atoms with Crippen molar-refractivity contribution in [2.24, 2.45) is 0 Å². The first kappa shape index (κ1) is 14.6. The molecule has 0 bridgehead atoms. The van der Waals surface area contributed by atoms with Gasteiger partial charge < -0.3 is 10.3 Å². The zero-order valence-corrected chi connectivity index (χ0v) is 12.6. The lowest BCUT2D eigenvalue weighted by Gasteiger charge is -2.24. The molecule has 0 aliphatic carbocycles. The number of para-hydroxylation sites is 1. The fourth-order valence-electron chi connectivity index (χ4n) is 2.31. The zero-order valence-electron chi connectivity index (χ0n) is 12.6. The molecule has 0 saturated heterocycles. The second-order valence-corrected chi connectivity index (χ2v) is 6.00. The van der Waals surface area contributed by atoms with E-state index in [1.807, 2.05) is 6.07 Å². The van der Waals surface area contributed by atoms with E-state index in [-0.39, 0.29) is 11.4 Å². The number of carbonyl (C=O) groups excluding carboxylic acids is 1. The molecule has 2 rings (SSSR count). The lowest BCUT2D eigenvalue weighted by molar-refractivity contribution is -0.122. The van der Waals surface area contributed by atoms with Crippen LogP contribution in [0.2, 0.25) is 0 Å². The minimum absolute atomic E-state index is 0.0993. The summed E-state index contributed by atoms with van der Waals surface area (Å²) >= 11 is 0. The predicted molar refractivity (Wildman–Crippen MR) is 83.7 cm³/mol. The molecule has 1 aromatic carbocycles. The van der Waals surface area contributed by atoms with E-state index in [9.17, 15) is 4.79 Å². The van der Waals surface area contributed by atoms with Gasteiger partial charge in [0.2, 0.25) is 5.91 Å². The largest absolute Gasteiger partial charge is 0.361 e. The Morgan fingerprint density at radius 3 is 2.80 bits per heavy atom. The maximum atomic E-state index is 11.9. The second-order valence-electron chi connectivity index (χ2n) is 6.00. The van der Waals surface area contributed by atoms with Crippen molar-refractivity contribution < 1.29 is 4.79 Å². The summed E-state index contributed by atoms with van der Waals surface area (Å²) < 4.78 is 0. The Balaban J connectivity index is 1.86. The van der Waals surface area contributed by atoms with Gasteiger partial charge in [-0.3, -0.25) is 4.79 Å². The average Bonchev–Trinajstić information content (AvgIpc) is 2.82. The molecule has 0 spiro atoms. The van der Waals surface area contributed by atoms with Crippen LogP contribution in [0, 0.1) is 0 Å². The Labute approximate surface area is 120 Å². The summed E-state index contributed by atoms with van der Waals surface area (Å²) in [5, 5.41) is 4.34. The molecule has 0 unspecified atom stereocenters. The number of carbonyl (C=O) groups is 1. The van der Waals surface area contributed by atoms with Crippen LogP contribution >= 0.6 is 0 Å². The monoisotopic (exact) mass is 272 g/mol. The minimum atomic E-state index is -0.0993. The van der Waals surface area contributed by atoms with Gasteiger partial charge in [-0.25, -0.2) is 0 Å². The van der Waals surface area contributed by atoms with Crippen LogP contribution in [0.15, 0.2) is 30.5 Å². The molecule has 20 heavy (non-hydrogen) atoms. The summed E-state index contributed by atoms with van der Waals surface area (Å²) in [5.41, 5.74) is 2.36. The van der Waals surface area contributed by atoms with Crippen LogP contribution in [0.5, 0.6) is 0 Å². The number of fused-ring (bicyclic) bond motifs is 1. The van der Waals surface area contributed by atoms with E-state index in [4.69, 9.17) is 0 Å². The van der Waals surface area contributed by atoms with Crippen LogP contribution in [-0.4, -0.2) is 16.4 Å². The first-order valence-corrected chi connectivity index (χ1v) is 7.38. The van der Waals surface area contributed by atoms with E-state index < -0.39 is 0 Å². The number of aromatic amines is 1. The molecule has 1 aromatic heterocycles. The second kappa shape index (κ2) is 6.12. The Bertz CT molecular complexity index is 583. The summed E-state index contributed by atoms with van der Waals surface area (Å²) in [4.78, 5) is 15.2. The number of H-pyrrole nitrogens is 1. The summed E-state index contributed by atoms with van der Waals surface area (Å²) in [5.74, 6) is 0.150. The molecule has 1 heterocycles. The van der Waals surface area contributed by atoms with Crippen LogP contribution < -0.4 is 5.32 Å². The van der Waals surface area contributed by atoms with Gasteiger partial charge in [0.05, 0.1) is 0 Å². The molecular weight excluding hydrogens is 248 g/mol. The van der Waals surface area contributed by atoms with Crippen molar-refractivity contribution >= 4 is 16.8 Å². The molecule has 3 heteroatoms. The summed E-state index contributed by atoms with van der Waals surface area (Å²) in [6.45, 7) is 6.21. The van der Waals surface area contributed by atoms with E-state index in [1.54, 1.807) is 0 Å². The number of nitrogens with one attached hydrogen (secondary N) is 2. The van der Waals surface area contributed by atoms with Gasteiger partial charge >= 0.3 is 0 Å². The molecule has 2 aromatic rings. The lowest BCUT2D eigenvalue weighted by atomic mass is 10.0. The van der Waals surface area contributed by atoms with Crippen molar-refractivity contribution in [3.63, 3.8) is 0 Å². The first-order chi connectivity index (χ1) is 9.52. The maximum Gasteiger partial charge on any atom is 0.220 e. The normalized spacial score (nSPS) is 11.8. The molecule has 0 atom stereocenters. The number of aryl methyl sites for hydroxylation is 1. The summed E-state index contributed by atoms with van der Waals surface area (Å²) in [7, 11) is 0. The van der Waals surface area contributed by atoms with Gasteiger partial charge in [0.1, 0.15) is 0 Å². The molecule has 1 amide bonds. The van der Waals surface area contributed by atoms with E-state index in [1.165, 1.54) is 16.5 Å². The minimum Gasteiger partial charge on any atom is -0.361 e. The Morgan fingerprint density at radius 1 is 1.30 bits per heavy atom. The number of amides is 1. The SMILES string of the molecule is CCC(C)(C)NC(=O)CCCc1c[nH]c2ccccc12. The van der Waals surface area contributed by atoms with Crippen LogP contribution in [0.3, 0.4) is 0 Å². The molecule has 3 nitrogen and oxygen atoms in total. The highest BCUT2D eigenvalue weighted by atomic mass is 16.1. The predicted octanol–water partition coefficient (Wildman–Crippen LogP) is 3.80. The molecule has 0 aliphatic heterocycles. The van der Waals surface area contributed by atoms with Crippen molar-refractivity contribution in [3.05, 3.63) is 36.0 Å². The van der Waals surface area contributed by atoms with Crippen molar-refractivity contribution in [2.45, 2.75) is 52.0 Å². The quantitative estimate of drug-likeness (QED) is 0.825. The van der Waals surface area contributed by atoms with Gasteiger partial charge in [-0.05, 0) is 44.7 Å². The third-order valence-electron chi connectivity index (χ3n) is 3.89. The zero-order chi connectivity index (χ0) is 14.6. The Morgan fingerprint density at radius 2 is 2.05 bits per heavy atom. The molecule has 0 fully saturated rings. The number of hydrogen-bond donors (Lipinski definition) is 2. The van der Waals surface area contributed by atoms with E-state index >= 15 is 0 Å². The van der Waals surface area contributed by atoms with E-state index in [0.717, 1.165) is 19.3 Å². The van der Waals surface area contributed by atoms with E-state index in [0.29, 0.717) is 6.42 Å². The smallest absolute Gasteiger partial charge is 0.220 e. The average molecular weight is 272 g/mol. The fourth-order valence-corrected chi connectivity index (χ4v) is 2.31. The Kier molecular flexibility index (Phi) is 4.48. The van der Waals surface area contributed by atoms with Gasteiger partial charge in [0.25, 0.3) is 0 Å². The van der Waals surface area contributed by atoms with Gasteiger partial charge in [0, 0.05) is 29.1 Å². The van der Waals surface area contributed by atoms with Crippen LogP contribution in [-0.2, 0) is 11.2 Å². The van der Waals surface area contributed by atoms with Crippen molar-refractivity contribution in [3.8, 4) is 0 Å². The summed E-state index contributed by atoms with van der Waals surface area (Å²) in [6, 6.07) is 8.29. The highest BCUT2D eigenvalue weighted by Gasteiger charge is 2.17. The lowest BCUT2D eigenvalue weighted by Crippen LogP contribution is -2.42. The van der Waals surface area contributed by atoms with Crippen molar-refractivity contribution in [1.82, 2.24) is 10.3 Å². The number of aromatic nitrogens is 1. The Hall–Kier alpha value is -1.77. The van der Waals surface area contributed by atoms with Crippen molar-refractivity contribution in [2.75, 3.05) is 0 Å². The maximum absolute atomic E-state index is 11.9. The van der Waals surface area contributed by atoms with Gasteiger partial charge in [-0.15, -0.1) is 0 Å². The first-order valence-electron chi connectivity index (χ1n) is 7.38. The van der Waals surface area contributed by atoms with Crippen LogP contribution in [0.1, 0.15) is 45.6 Å².